The fraction of sp³-hybridized carbons (Fsp3) is 0.571. The molecule has 1 aromatic carbocycles. The highest BCUT2D eigenvalue weighted by Gasteiger charge is 2.27. The molecule has 1 aromatic rings. The zero-order valence-corrected chi connectivity index (χ0v) is 12.9. The van der Waals surface area contributed by atoms with Gasteiger partial charge in [-0.3, -0.25) is 0 Å². The highest BCUT2D eigenvalue weighted by molar-refractivity contribution is 7.89. The van der Waals surface area contributed by atoms with Crippen LogP contribution >= 0.6 is 0 Å². The van der Waals surface area contributed by atoms with E-state index in [0.717, 1.165) is 19.3 Å². The van der Waals surface area contributed by atoms with E-state index in [2.05, 4.69) is 4.72 Å². The minimum atomic E-state index is -3.34. The number of anilines is 1. The highest BCUT2D eigenvalue weighted by atomic mass is 32.2. The maximum absolute atomic E-state index is 12.0. The normalized spacial score (nSPS) is 22.3. The molecule has 0 radical (unpaired) electrons. The smallest absolute Gasteiger partial charge is 0.215 e. The van der Waals surface area contributed by atoms with Gasteiger partial charge < -0.3 is 15.2 Å². The van der Waals surface area contributed by atoms with Crippen LogP contribution in [0.2, 0.25) is 0 Å². The van der Waals surface area contributed by atoms with Gasteiger partial charge in [0.15, 0.2) is 0 Å². The molecule has 0 heterocycles. The molecular weight excluding hydrogens is 292 g/mol. The van der Waals surface area contributed by atoms with Crippen LogP contribution in [0, 0.1) is 0 Å². The number of methoxy groups -OCH3 is 1. The van der Waals surface area contributed by atoms with Gasteiger partial charge in [-0.15, -0.1) is 0 Å². The van der Waals surface area contributed by atoms with E-state index in [4.69, 9.17) is 15.2 Å². The Morgan fingerprint density at radius 2 is 2.19 bits per heavy atom. The van der Waals surface area contributed by atoms with Gasteiger partial charge in [0.05, 0.1) is 11.9 Å². The van der Waals surface area contributed by atoms with Crippen molar-refractivity contribution in [1.82, 2.24) is 4.72 Å². The zero-order chi connectivity index (χ0) is 15.3. The third-order valence-electron chi connectivity index (χ3n) is 3.54. The van der Waals surface area contributed by atoms with Gasteiger partial charge >= 0.3 is 0 Å². The van der Waals surface area contributed by atoms with E-state index in [-0.39, 0.29) is 24.5 Å². The second-order valence-electron chi connectivity index (χ2n) is 5.23. The number of rotatable bonds is 7. The molecule has 118 valence electrons. The lowest BCUT2D eigenvalue weighted by molar-refractivity contribution is 0.107. The van der Waals surface area contributed by atoms with Gasteiger partial charge in [0.25, 0.3) is 0 Å². The van der Waals surface area contributed by atoms with Crippen molar-refractivity contribution >= 4 is 15.7 Å². The van der Waals surface area contributed by atoms with E-state index in [1.807, 2.05) is 0 Å². The Kier molecular flexibility index (Phi) is 5.44. The van der Waals surface area contributed by atoms with Gasteiger partial charge in [-0.1, -0.05) is 6.07 Å². The number of ether oxygens (including phenoxy) is 2. The molecule has 0 aromatic heterocycles. The lowest BCUT2D eigenvalue weighted by atomic mass is 10.3. The molecule has 2 atom stereocenters. The summed E-state index contributed by atoms with van der Waals surface area (Å²) < 4.78 is 37.3. The lowest BCUT2D eigenvalue weighted by Gasteiger charge is -2.13. The van der Waals surface area contributed by atoms with Gasteiger partial charge in [-0.05, 0) is 31.4 Å². The molecule has 2 rings (SSSR count). The van der Waals surface area contributed by atoms with Crippen LogP contribution in [0.15, 0.2) is 24.3 Å². The van der Waals surface area contributed by atoms with Gasteiger partial charge in [0, 0.05) is 24.9 Å². The van der Waals surface area contributed by atoms with Gasteiger partial charge in [0.2, 0.25) is 10.0 Å². The van der Waals surface area contributed by atoms with Crippen LogP contribution in [-0.2, 0) is 14.8 Å². The molecule has 21 heavy (non-hydrogen) atoms. The average Bonchev–Trinajstić information content (AvgIpc) is 2.85. The average molecular weight is 314 g/mol. The Balaban J connectivity index is 1.76. The molecule has 0 aliphatic heterocycles. The number of hydrogen-bond donors (Lipinski definition) is 2. The Bertz CT molecular complexity index is 562. The van der Waals surface area contributed by atoms with Gasteiger partial charge in [-0.25, -0.2) is 13.1 Å². The van der Waals surface area contributed by atoms with Crippen LogP contribution in [0.1, 0.15) is 19.3 Å². The first kappa shape index (κ1) is 16.1. The second-order valence-corrected chi connectivity index (χ2v) is 7.10. The Morgan fingerprint density at radius 3 is 2.86 bits per heavy atom. The first-order valence-electron chi connectivity index (χ1n) is 6.99. The fourth-order valence-corrected chi connectivity index (χ4v) is 3.59. The third kappa shape index (κ3) is 5.18. The van der Waals surface area contributed by atoms with Crippen molar-refractivity contribution in [2.24, 2.45) is 0 Å². The van der Waals surface area contributed by atoms with Crippen LogP contribution in [0.25, 0.3) is 0 Å². The molecule has 0 bridgehead atoms. The van der Waals surface area contributed by atoms with E-state index in [9.17, 15) is 8.42 Å². The van der Waals surface area contributed by atoms with Crippen molar-refractivity contribution in [3.63, 3.8) is 0 Å². The first-order valence-corrected chi connectivity index (χ1v) is 8.65. The zero-order valence-electron chi connectivity index (χ0n) is 12.1. The number of nitrogen functional groups attached to an aromatic ring is 1. The Labute approximate surface area is 125 Å². The van der Waals surface area contributed by atoms with E-state index in [1.165, 1.54) is 0 Å². The molecule has 0 spiro atoms. The SMILES string of the molecule is COC1CCC(NS(=O)(=O)CCOc2cccc(N)c2)C1. The predicted molar refractivity (Wildman–Crippen MR) is 81.7 cm³/mol. The van der Waals surface area contributed by atoms with Crippen molar-refractivity contribution in [3.8, 4) is 5.75 Å². The summed E-state index contributed by atoms with van der Waals surface area (Å²) in [5.41, 5.74) is 6.22. The van der Waals surface area contributed by atoms with E-state index >= 15 is 0 Å². The first-order chi connectivity index (χ1) is 9.98. The van der Waals surface area contributed by atoms with Crippen molar-refractivity contribution < 1.29 is 17.9 Å². The van der Waals surface area contributed by atoms with Crippen LogP contribution in [0.3, 0.4) is 0 Å². The molecule has 0 saturated heterocycles. The Hall–Kier alpha value is -1.31. The topological polar surface area (TPSA) is 90.6 Å². The minimum absolute atomic E-state index is 0.0349. The number of sulfonamides is 1. The minimum Gasteiger partial charge on any atom is -0.492 e. The van der Waals surface area contributed by atoms with Crippen molar-refractivity contribution in [2.75, 3.05) is 25.2 Å². The summed E-state index contributed by atoms with van der Waals surface area (Å²) in [4.78, 5) is 0. The molecule has 1 fully saturated rings. The molecule has 1 aliphatic carbocycles. The summed E-state index contributed by atoms with van der Waals surface area (Å²) >= 11 is 0. The molecule has 3 N–H and O–H groups in total. The summed E-state index contributed by atoms with van der Waals surface area (Å²) in [7, 11) is -1.69. The highest BCUT2D eigenvalue weighted by Crippen LogP contribution is 2.22. The largest absolute Gasteiger partial charge is 0.492 e. The Morgan fingerprint density at radius 1 is 1.38 bits per heavy atom. The van der Waals surface area contributed by atoms with Crippen molar-refractivity contribution in [1.29, 1.82) is 0 Å². The number of benzene rings is 1. The predicted octanol–water partition coefficient (Wildman–Crippen LogP) is 1.13. The summed E-state index contributed by atoms with van der Waals surface area (Å²) in [6.07, 6.45) is 2.59. The van der Waals surface area contributed by atoms with Crippen LogP contribution in [0.4, 0.5) is 5.69 Å². The monoisotopic (exact) mass is 314 g/mol. The van der Waals surface area contributed by atoms with E-state index in [0.29, 0.717) is 11.4 Å². The maximum Gasteiger partial charge on any atom is 0.215 e. The summed E-state index contributed by atoms with van der Waals surface area (Å²) in [5, 5.41) is 0. The number of nitrogens with two attached hydrogens (primary N) is 1. The molecule has 2 unspecified atom stereocenters. The van der Waals surface area contributed by atoms with Crippen molar-refractivity contribution in [2.45, 2.75) is 31.4 Å². The van der Waals surface area contributed by atoms with Crippen LogP contribution < -0.4 is 15.2 Å². The summed E-state index contributed by atoms with van der Waals surface area (Å²) in [5.74, 6) is 0.501. The molecule has 0 amide bonds. The second kappa shape index (κ2) is 7.11. The molecule has 1 saturated carbocycles. The number of nitrogens with one attached hydrogen (secondary N) is 1. The molecule has 7 heteroatoms. The standard InChI is InChI=1S/C14H22N2O4S/c1-19-13-6-5-12(10-13)16-21(17,18)8-7-20-14-4-2-3-11(15)9-14/h2-4,9,12-13,16H,5-8,10,15H2,1H3. The van der Waals surface area contributed by atoms with Gasteiger partial charge in [0.1, 0.15) is 12.4 Å². The van der Waals surface area contributed by atoms with E-state index in [1.54, 1.807) is 31.4 Å². The fourth-order valence-electron chi connectivity index (χ4n) is 2.45. The van der Waals surface area contributed by atoms with E-state index < -0.39 is 10.0 Å². The number of hydrogen-bond acceptors (Lipinski definition) is 5. The quantitative estimate of drug-likeness (QED) is 0.736. The maximum atomic E-state index is 12.0. The molecule has 1 aliphatic rings. The third-order valence-corrected chi connectivity index (χ3v) is 4.94. The van der Waals surface area contributed by atoms with Crippen molar-refractivity contribution in [3.05, 3.63) is 24.3 Å². The molecule has 6 nitrogen and oxygen atoms in total. The summed E-state index contributed by atoms with van der Waals surface area (Å²) in [6.45, 7) is 0.0964. The van der Waals surface area contributed by atoms with Gasteiger partial charge in [-0.2, -0.15) is 0 Å². The lowest BCUT2D eigenvalue weighted by Crippen LogP contribution is -2.36. The summed E-state index contributed by atoms with van der Waals surface area (Å²) in [6, 6.07) is 6.89. The van der Waals surface area contributed by atoms with Crippen LogP contribution in [-0.4, -0.2) is 40.0 Å². The van der Waals surface area contributed by atoms with Crippen LogP contribution in [0.5, 0.6) is 5.75 Å². The molecular formula is C14H22N2O4S.